The van der Waals surface area contributed by atoms with Gasteiger partial charge in [-0.2, -0.15) is 4.31 Å². The number of hydrogen-bond acceptors (Lipinski definition) is 6. The van der Waals surface area contributed by atoms with E-state index in [-0.39, 0.29) is 4.90 Å². The van der Waals surface area contributed by atoms with E-state index >= 15 is 0 Å². The van der Waals surface area contributed by atoms with Gasteiger partial charge in [-0.05, 0) is 18.6 Å². The van der Waals surface area contributed by atoms with Crippen molar-refractivity contribution in [3.63, 3.8) is 0 Å². The lowest BCUT2D eigenvalue weighted by molar-refractivity contribution is 0.353. The van der Waals surface area contributed by atoms with Crippen LogP contribution < -0.4 is 14.4 Å². The van der Waals surface area contributed by atoms with Crippen LogP contribution in [-0.4, -0.2) is 58.1 Å². The van der Waals surface area contributed by atoms with E-state index in [1.807, 2.05) is 4.90 Å². The summed E-state index contributed by atoms with van der Waals surface area (Å²) in [7, 11) is -0.699. The fourth-order valence-corrected chi connectivity index (χ4v) is 5.28. The van der Waals surface area contributed by atoms with Gasteiger partial charge < -0.3 is 14.4 Å². The molecule has 2 heterocycles. The van der Waals surface area contributed by atoms with Gasteiger partial charge in [0.05, 0.1) is 34.8 Å². The number of halogens is 2. The lowest BCUT2D eigenvalue weighted by atomic mass is 10.3. The van der Waals surface area contributed by atoms with Crippen LogP contribution in [0.5, 0.6) is 11.5 Å². The third-order valence-electron chi connectivity index (χ3n) is 4.59. The molecule has 0 unspecified atom stereocenters. The Balaban J connectivity index is 1.83. The van der Waals surface area contributed by atoms with Gasteiger partial charge in [0.2, 0.25) is 10.0 Å². The Kier molecular flexibility index (Phi) is 6.54. The van der Waals surface area contributed by atoms with Crippen LogP contribution in [0.15, 0.2) is 35.5 Å². The maximum atomic E-state index is 13.1. The topological polar surface area (TPSA) is 72.0 Å². The summed E-state index contributed by atoms with van der Waals surface area (Å²) in [5.74, 6) is 0.848. The zero-order valence-electron chi connectivity index (χ0n) is 15.6. The van der Waals surface area contributed by atoms with Gasteiger partial charge in [0.1, 0.15) is 0 Å². The molecule has 1 aliphatic heterocycles. The van der Waals surface area contributed by atoms with E-state index in [1.54, 1.807) is 6.07 Å². The van der Waals surface area contributed by atoms with Crippen molar-refractivity contribution in [2.45, 2.75) is 11.3 Å². The number of nitrogens with zero attached hydrogens (tertiary/aromatic N) is 3. The number of anilines is 1. The third-order valence-corrected chi connectivity index (χ3v) is 7.04. The van der Waals surface area contributed by atoms with Crippen LogP contribution >= 0.6 is 23.2 Å². The first-order valence-electron chi connectivity index (χ1n) is 8.64. The van der Waals surface area contributed by atoms with Crippen molar-refractivity contribution in [2.75, 3.05) is 45.3 Å². The summed E-state index contributed by atoms with van der Waals surface area (Å²) in [4.78, 5) is 6.13. The second kappa shape index (κ2) is 8.73. The smallest absolute Gasteiger partial charge is 0.243 e. The molecule has 28 heavy (non-hydrogen) atoms. The summed E-state index contributed by atoms with van der Waals surface area (Å²) >= 11 is 12.5. The number of pyridine rings is 1. The van der Waals surface area contributed by atoms with Crippen molar-refractivity contribution in [1.29, 1.82) is 0 Å². The van der Waals surface area contributed by atoms with Gasteiger partial charge in [0, 0.05) is 44.6 Å². The van der Waals surface area contributed by atoms with Crippen LogP contribution in [-0.2, 0) is 10.0 Å². The summed E-state index contributed by atoms with van der Waals surface area (Å²) < 4.78 is 38.2. The van der Waals surface area contributed by atoms with E-state index < -0.39 is 10.0 Å². The van der Waals surface area contributed by atoms with E-state index in [9.17, 15) is 8.42 Å². The minimum Gasteiger partial charge on any atom is -0.493 e. The molecule has 10 heteroatoms. The molecule has 0 radical (unpaired) electrons. The fourth-order valence-electron chi connectivity index (χ4n) is 3.19. The molecule has 152 valence electrons. The zero-order chi connectivity index (χ0) is 20.3. The Morgan fingerprint density at radius 1 is 0.964 bits per heavy atom. The fraction of sp³-hybridized carbons (Fsp3) is 0.389. The molecule has 0 N–H and O–H groups in total. The monoisotopic (exact) mass is 445 g/mol. The molecule has 0 spiro atoms. The molecular weight excluding hydrogens is 425 g/mol. The van der Waals surface area contributed by atoms with Crippen molar-refractivity contribution in [1.82, 2.24) is 9.29 Å². The van der Waals surface area contributed by atoms with Gasteiger partial charge in [0.25, 0.3) is 0 Å². The molecule has 0 bridgehead atoms. The Labute approximate surface area is 174 Å². The predicted molar refractivity (Wildman–Crippen MR) is 109 cm³/mol. The first-order valence-corrected chi connectivity index (χ1v) is 10.8. The highest BCUT2D eigenvalue weighted by molar-refractivity contribution is 7.89. The molecule has 0 saturated carbocycles. The third kappa shape index (κ3) is 4.15. The zero-order valence-corrected chi connectivity index (χ0v) is 17.9. The predicted octanol–water partition coefficient (Wildman–Crippen LogP) is 3.31. The van der Waals surface area contributed by atoms with Gasteiger partial charge >= 0.3 is 0 Å². The van der Waals surface area contributed by atoms with Crippen LogP contribution in [0.2, 0.25) is 10.0 Å². The highest BCUT2D eigenvalue weighted by Crippen LogP contribution is 2.34. The SMILES string of the molecule is COc1ccc(S(=O)(=O)N2CCCN(c3c(Cl)cncc3Cl)CC2)cc1OC. The molecule has 1 fully saturated rings. The minimum atomic E-state index is -3.68. The molecule has 1 aromatic heterocycles. The molecule has 0 atom stereocenters. The van der Waals surface area contributed by atoms with Crippen molar-refractivity contribution in [3.8, 4) is 11.5 Å². The number of methoxy groups -OCH3 is 2. The van der Waals surface area contributed by atoms with Crippen molar-refractivity contribution >= 4 is 38.9 Å². The number of hydrogen-bond donors (Lipinski definition) is 0. The van der Waals surface area contributed by atoms with Crippen LogP contribution in [0, 0.1) is 0 Å². The summed E-state index contributed by atoms with van der Waals surface area (Å²) in [6, 6.07) is 4.59. The summed E-state index contributed by atoms with van der Waals surface area (Å²) in [5.41, 5.74) is 0.684. The van der Waals surface area contributed by atoms with Crippen LogP contribution in [0.25, 0.3) is 0 Å². The Bertz CT molecular complexity index is 936. The number of rotatable bonds is 5. The van der Waals surface area contributed by atoms with Gasteiger partial charge in [-0.25, -0.2) is 8.42 Å². The molecule has 0 amide bonds. The molecular formula is C18H21Cl2N3O4S. The number of sulfonamides is 1. The van der Waals surface area contributed by atoms with E-state index in [2.05, 4.69) is 4.98 Å². The quantitative estimate of drug-likeness (QED) is 0.702. The average molecular weight is 446 g/mol. The van der Waals surface area contributed by atoms with E-state index in [1.165, 1.54) is 43.1 Å². The Morgan fingerprint density at radius 2 is 1.64 bits per heavy atom. The number of aromatic nitrogens is 1. The summed E-state index contributed by atoms with van der Waals surface area (Å²) in [6.07, 6.45) is 3.71. The summed E-state index contributed by atoms with van der Waals surface area (Å²) in [5, 5.41) is 0.896. The van der Waals surface area contributed by atoms with E-state index in [0.717, 1.165) is 0 Å². The van der Waals surface area contributed by atoms with Crippen LogP contribution in [0.4, 0.5) is 5.69 Å². The van der Waals surface area contributed by atoms with Crippen molar-refractivity contribution in [3.05, 3.63) is 40.6 Å². The minimum absolute atomic E-state index is 0.165. The van der Waals surface area contributed by atoms with E-state index in [4.69, 9.17) is 32.7 Å². The first-order chi connectivity index (χ1) is 13.4. The maximum Gasteiger partial charge on any atom is 0.243 e. The van der Waals surface area contributed by atoms with Crippen LogP contribution in [0.3, 0.4) is 0 Å². The normalized spacial score (nSPS) is 15.9. The van der Waals surface area contributed by atoms with Gasteiger partial charge in [-0.3, -0.25) is 4.98 Å². The number of benzene rings is 1. The Hall–Kier alpha value is -1.74. The largest absolute Gasteiger partial charge is 0.493 e. The van der Waals surface area contributed by atoms with Crippen molar-refractivity contribution < 1.29 is 17.9 Å². The van der Waals surface area contributed by atoms with E-state index in [0.29, 0.717) is 59.8 Å². The maximum absolute atomic E-state index is 13.1. The van der Waals surface area contributed by atoms with Crippen molar-refractivity contribution in [2.24, 2.45) is 0 Å². The molecule has 1 saturated heterocycles. The average Bonchev–Trinajstić information content (AvgIpc) is 2.94. The number of ether oxygens (including phenoxy) is 2. The van der Waals surface area contributed by atoms with Gasteiger partial charge in [0.15, 0.2) is 11.5 Å². The lowest BCUT2D eigenvalue weighted by Gasteiger charge is -2.25. The Morgan fingerprint density at radius 3 is 2.29 bits per heavy atom. The molecule has 2 aromatic rings. The second-order valence-electron chi connectivity index (χ2n) is 6.21. The molecule has 1 aromatic carbocycles. The highest BCUT2D eigenvalue weighted by atomic mass is 35.5. The molecule has 0 aliphatic carbocycles. The lowest BCUT2D eigenvalue weighted by Crippen LogP contribution is -2.35. The molecule has 7 nitrogen and oxygen atoms in total. The highest BCUT2D eigenvalue weighted by Gasteiger charge is 2.29. The second-order valence-corrected chi connectivity index (χ2v) is 8.97. The molecule has 1 aliphatic rings. The first kappa shape index (κ1) is 21.0. The van der Waals surface area contributed by atoms with Gasteiger partial charge in [-0.1, -0.05) is 23.2 Å². The molecule has 3 rings (SSSR count). The summed E-state index contributed by atoms with van der Waals surface area (Å²) in [6.45, 7) is 1.82. The van der Waals surface area contributed by atoms with Gasteiger partial charge in [-0.15, -0.1) is 0 Å². The van der Waals surface area contributed by atoms with Crippen LogP contribution in [0.1, 0.15) is 6.42 Å². The standard InChI is InChI=1S/C18H21Cl2N3O4S/c1-26-16-5-4-13(10-17(16)27-2)28(24,25)23-7-3-6-22(8-9-23)18-14(19)11-21-12-15(18)20/h4-5,10-12H,3,6-9H2,1-2H3.